The van der Waals surface area contributed by atoms with Gasteiger partial charge in [-0.15, -0.1) is 0 Å². The van der Waals surface area contributed by atoms with E-state index in [1.54, 1.807) is 29.2 Å². The van der Waals surface area contributed by atoms with Crippen molar-refractivity contribution >= 4 is 5.91 Å². The molecule has 144 valence electrons. The Hall–Kier alpha value is -2.63. The van der Waals surface area contributed by atoms with Crippen LogP contribution in [0.5, 0.6) is 5.75 Å². The maximum Gasteiger partial charge on any atom is 0.261 e. The van der Waals surface area contributed by atoms with E-state index >= 15 is 0 Å². The number of H-pyrrole nitrogens is 1. The van der Waals surface area contributed by atoms with Gasteiger partial charge in [-0.1, -0.05) is 13.8 Å². The third-order valence-electron chi connectivity index (χ3n) is 4.89. The average Bonchev–Trinajstić information content (AvgIpc) is 2.67. The van der Waals surface area contributed by atoms with Crippen molar-refractivity contribution in [1.29, 1.82) is 0 Å². The van der Waals surface area contributed by atoms with E-state index in [2.05, 4.69) is 4.98 Å². The van der Waals surface area contributed by atoms with Gasteiger partial charge in [-0.3, -0.25) is 9.59 Å². The first-order valence-electron chi connectivity index (χ1n) is 9.35. The Morgan fingerprint density at radius 1 is 1.26 bits per heavy atom. The van der Waals surface area contributed by atoms with Crippen LogP contribution in [-0.2, 0) is 0 Å². The quantitative estimate of drug-likeness (QED) is 0.873. The van der Waals surface area contributed by atoms with E-state index < -0.39 is 0 Å². The van der Waals surface area contributed by atoms with E-state index in [0.717, 1.165) is 18.5 Å². The number of pyridine rings is 1. The highest BCUT2D eigenvalue weighted by Crippen LogP contribution is 2.20. The molecule has 0 saturated carbocycles. The summed E-state index contributed by atoms with van der Waals surface area (Å²) in [4.78, 5) is 29.6. The molecule has 1 N–H and O–H groups in total. The summed E-state index contributed by atoms with van der Waals surface area (Å²) in [5.41, 5.74) is 0.663. The van der Waals surface area contributed by atoms with E-state index in [1.807, 2.05) is 13.8 Å². The van der Waals surface area contributed by atoms with E-state index in [4.69, 9.17) is 4.74 Å². The predicted molar refractivity (Wildman–Crippen MR) is 102 cm³/mol. The lowest BCUT2D eigenvalue weighted by Gasteiger charge is -2.32. The highest BCUT2D eigenvalue weighted by atomic mass is 19.1. The van der Waals surface area contributed by atoms with Crippen molar-refractivity contribution in [3.05, 3.63) is 63.8 Å². The normalized spacial score (nSPS) is 17.2. The molecule has 1 atom stereocenters. The lowest BCUT2D eigenvalue weighted by molar-refractivity contribution is 0.0631. The fourth-order valence-electron chi connectivity index (χ4n) is 3.29. The van der Waals surface area contributed by atoms with E-state index in [9.17, 15) is 14.0 Å². The SMILES string of the molecule is CC(C)c1ccc(C(=O)N2CCC[C@@H](COc3ccc(F)cc3)C2)c(=O)[nH]1. The molecular weight excluding hydrogens is 347 g/mol. The molecular formula is C21H25FN2O3. The Kier molecular flexibility index (Phi) is 5.94. The summed E-state index contributed by atoms with van der Waals surface area (Å²) in [6.07, 6.45) is 1.82. The van der Waals surface area contributed by atoms with Crippen LogP contribution in [-0.4, -0.2) is 35.5 Å². The second-order valence-electron chi connectivity index (χ2n) is 7.34. The first kappa shape index (κ1) is 19.1. The molecule has 1 amide bonds. The van der Waals surface area contributed by atoms with Crippen LogP contribution >= 0.6 is 0 Å². The molecule has 6 heteroatoms. The lowest BCUT2D eigenvalue weighted by Crippen LogP contribution is -2.43. The number of nitrogens with zero attached hydrogens (tertiary/aromatic N) is 1. The average molecular weight is 372 g/mol. The van der Waals surface area contributed by atoms with Gasteiger partial charge in [0.15, 0.2) is 0 Å². The zero-order valence-electron chi connectivity index (χ0n) is 15.7. The highest BCUT2D eigenvalue weighted by molar-refractivity contribution is 5.93. The summed E-state index contributed by atoms with van der Waals surface area (Å²) in [7, 11) is 0. The van der Waals surface area contributed by atoms with E-state index in [-0.39, 0.29) is 34.7 Å². The topological polar surface area (TPSA) is 62.4 Å². The molecule has 0 spiro atoms. The molecule has 1 aliphatic heterocycles. The number of piperidine rings is 1. The van der Waals surface area contributed by atoms with Gasteiger partial charge in [-0.25, -0.2) is 4.39 Å². The number of likely N-dealkylation sites (tertiary alicyclic amines) is 1. The number of carbonyl (C=O) groups excluding carboxylic acids is 1. The van der Waals surface area contributed by atoms with Crippen LogP contribution in [0.4, 0.5) is 4.39 Å². The monoisotopic (exact) mass is 372 g/mol. The Morgan fingerprint density at radius 3 is 2.67 bits per heavy atom. The van der Waals surface area contributed by atoms with Crippen molar-refractivity contribution in [3.63, 3.8) is 0 Å². The van der Waals surface area contributed by atoms with Gasteiger partial charge < -0.3 is 14.6 Å². The molecule has 27 heavy (non-hydrogen) atoms. The van der Waals surface area contributed by atoms with Crippen LogP contribution < -0.4 is 10.3 Å². The molecule has 2 aromatic rings. The number of benzene rings is 1. The standard InChI is InChI=1S/C21H25FN2O3/c1-14(2)19-10-9-18(20(25)23-19)21(26)24-11-3-4-15(12-24)13-27-17-7-5-16(22)6-8-17/h5-10,14-15H,3-4,11-13H2,1-2H3,(H,23,25)/t15-/m1/s1. The molecule has 5 nitrogen and oxygen atoms in total. The van der Waals surface area contributed by atoms with Gasteiger partial charge in [0.05, 0.1) is 6.61 Å². The van der Waals surface area contributed by atoms with Gasteiger partial charge in [0.2, 0.25) is 0 Å². The molecule has 0 aliphatic carbocycles. The summed E-state index contributed by atoms with van der Waals surface area (Å²) >= 11 is 0. The minimum absolute atomic E-state index is 0.180. The molecule has 1 saturated heterocycles. The predicted octanol–water partition coefficient (Wildman–Crippen LogP) is 3.57. The van der Waals surface area contributed by atoms with Crippen molar-refractivity contribution in [3.8, 4) is 5.75 Å². The van der Waals surface area contributed by atoms with Crippen LogP contribution in [0.25, 0.3) is 0 Å². The number of rotatable bonds is 5. The highest BCUT2D eigenvalue weighted by Gasteiger charge is 2.26. The van der Waals surface area contributed by atoms with Gasteiger partial charge in [0.1, 0.15) is 17.1 Å². The van der Waals surface area contributed by atoms with E-state index in [0.29, 0.717) is 25.4 Å². The Labute approximate surface area is 158 Å². The molecule has 2 heterocycles. The third kappa shape index (κ3) is 4.76. The van der Waals surface area contributed by atoms with Crippen LogP contribution in [0.1, 0.15) is 48.7 Å². The summed E-state index contributed by atoms with van der Waals surface area (Å²) in [5, 5.41) is 0. The summed E-state index contributed by atoms with van der Waals surface area (Å²) in [6.45, 7) is 5.62. The van der Waals surface area contributed by atoms with Crippen molar-refractivity contribution in [2.24, 2.45) is 5.92 Å². The van der Waals surface area contributed by atoms with Gasteiger partial charge >= 0.3 is 0 Å². The fourth-order valence-corrected chi connectivity index (χ4v) is 3.29. The minimum Gasteiger partial charge on any atom is -0.493 e. The minimum atomic E-state index is -0.337. The Bertz CT molecular complexity index is 845. The Balaban J connectivity index is 1.62. The molecule has 3 rings (SSSR count). The molecule has 1 aliphatic rings. The molecule has 1 aromatic carbocycles. The number of halogens is 1. The smallest absolute Gasteiger partial charge is 0.261 e. The van der Waals surface area contributed by atoms with Gasteiger partial charge in [0, 0.05) is 24.7 Å². The van der Waals surface area contributed by atoms with E-state index in [1.165, 1.54) is 12.1 Å². The second-order valence-corrected chi connectivity index (χ2v) is 7.34. The Morgan fingerprint density at radius 2 is 2.00 bits per heavy atom. The first-order chi connectivity index (χ1) is 12.9. The van der Waals surface area contributed by atoms with Crippen molar-refractivity contribution in [2.75, 3.05) is 19.7 Å². The zero-order chi connectivity index (χ0) is 19.4. The lowest BCUT2D eigenvalue weighted by atomic mass is 9.98. The number of aromatic nitrogens is 1. The number of amides is 1. The molecule has 1 aromatic heterocycles. The largest absolute Gasteiger partial charge is 0.493 e. The van der Waals surface area contributed by atoms with Crippen molar-refractivity contribution < 1.29 is 13.9 Å². The summed E-state index contributed by atoms with van der Waals surface area (Å²) in [5.74, 6) is 0.454. The zero-order valence-corrected chi connectivity index (χ0v) is 15.7. The maximum atomic E-state index is 13.0. The second kappa shape index (κ2) is 8.37. The van der Waals surface area contributed by atoms with Crippen LogP contribution in [0.2, 0.25) is 0 Å². The maximum absolute atomic E-state index is 13.0. The van der Waals surface area contributed by atoms with Crippen LogP contribution in [0.3, 0.4) is 0 Å². The van der Waals surface area contributed by atoms with Gasteiger partial charge in [0.25, 0.3) is 11.5 Å². The molecule has 0 radical (unpaired) electrons. The number of hydrogen-bond donors (Lipinski definition) is 1. The number of nitrogens with one attached hydrogen (secondary N) is 1. The molecule has 0 unspecified atom stereocenters. The van der Waals surface area contributed by atoms with Crippen LogP contribution in [0.15, 0.2) is 41.2 Å². The summed E-state index contributed by atoms with van der Waals surface area (Å²) in [6, 6.07) is 9.33. The molecule has 0 bridgehead atoms. The first-order valence-corrected chi connectivity index (χ1v) is 9.35. The summed E-state index contributed by atoms with van der Waals surface area (Å²) < 4.78 is 18.7. The van der Waals surface area contributed by atoms with Gasteiger partial charge in [-0.2, -0.15) is 0 Å². The molecule has 1 fully saturated rings. The number of ether oxygens (including phenoxy) is 1. The van der Waals surface area contributed by atoms with Gasteiger partial charge in [-0.05, 0) is 55.2 Å². The number of carbonyl (C=O) groups is 1. The third-order valence-corrected chi connectivity index (χ3v) is 4.89. The number of hydrogen-bond acceptors (Lipinski definition) is 3. The van der Waals surface area contributed by atoms with Crippen molar-refractivity contribution in [2.45, 2.75) is 32.6 Å². The van der Waals surface area contributed by atoms with Crippen LogP contribution in [0, 0.1) is 11.7 Å². The fraction of sp³-hybridized carbons (Fsp3) is 0.429. The number of aromatic amines is 1. The van der Waals surface area contributed by atoms with Crippen molar-refractivity contribution in [1.82, 2.24) is 9.88 Å².